The maximum atomic E-state index is 4.87. The summed E-state index contributed by atoms with van der Waals surface area (Å²) in [5.41, 5.74) is 6.14. The smallest absolute Gasteiger partial charge is 0.0705 e. The van der Waals surface area contributed by atoms with Crippen LogP contribution >= 0.6 is 0 Å². The normalized spacial score (nSPS) is 11.0. The second kappa shape index (κ2) is 6.01. The van der Waals surface area contributed by atoms with Gasteiger partial charge in [-0.1, -0.05) is 37.1 Å². The van der Waals surface area contributed by atoms with Gasteiger partial charge >= 0.3 is 0 Å². The summed E-state index contributed by atoms with van der Waals surface area (Å²) in [7, 11) is 0. The van der Waals surface area contributed by atoms with Crippen molar-refractivity contribution >= 4 is 0 Å². The van der Waals surface area contributed by atoms with Crippen LogP contribution in [-0.2, 0) is 0 Å². The Morgan fingerprint density at radius 1 is 0.947 bits per heavy atom. The van der Waals surface area contributed by atoms with E-state index < -0.39 is 0 Å². The van der Waals surface area contributed by atoms with Crippen molar-refractivity contribution < 1.29 is 0 Å². The fourth-order valence-electron chi connectivity index (χ4n) is 2.67. The van der Waals surface area contributed by atoms with Gasteiger partial charge in [-0.3, -0.25) is 4.98 Å². The van der Waals surface area contributed by atoms with Gasteiger partial charge in [-0.15, -0.1) is 0 Å². The molecule has 2 aromatic rings. The first-order valence-electron chi connectivity index (χ1n) is 7.19. The molecule has 1 heteroatoms. The van der Waals surface area contributed by atoms with Crippen molar-refractivity contribution in [1.82, 2.24) is 4.98 Å². The van der Waals surface area contributed by atoms with Gasteiger partial charge < -0.3 is 0 Å². The molecule has 0 amide bonds. The maximum absolute atomic E-state index is 4.87. The van der Waals surface area contributed by atoms with Crippen molar-refractivity contribution in [2.24, 2.45) is 0 Å². The molecule has 0 fully saturated rings. The number of hydrogen-bond acceptors (Lipinski definition) is 1. The van der Waals surface area contributed by atoms with Crippen LogP contribution in [0.1, 0.15) is 49.4 Å². The zero-order valence-corrected chi connectivity index (χ0v) is 12.4. The highest BCUT2D eigenvalue weighted by molar-refractivity contribution is 5.61. The molecular weight excluding hydrogens is 230 g/mol. The standard InChI is InChI=1S/C18H23N/c1-5-15(6-2)17-8-7-9-18(19-17)16-11-13(3)10-14(4)12-16/h7-12,15H,5-6H2,1-4H3. The summed E-state index contributed by atoms with van der Waals surface area (Å²) in [6.45, 7) is 8.75. The minimum atomic E-state index is 0.575. The second-order valence-corrected chi connectivity index (χ2v) is 5.34. The number of rotatable bonds is 4. The summed E-state index contributed by atoms with van der Waals surface area (Å²) in [5, 5.41) is 0. The highest BCUT2D eigenvalue weighted by Gasteiger charge is 2.09. The van der Waals surface area contributed by atoms with Crippen molar-refractivity contribution in [3.8, 4) is 11.3 Å². The number of benzene rings is 1. The molecule has 19 heavy (non-hydrogen) atoms. The molecular formula is C18H23N. The van der Waals surface area contributed by atoms with Gasteiger partial charge in [0, 0.05) is 17.2 Å². The van der Waals surface area contributed by atoms with Crippen LogP contribution in [0.5, 0.6) is 0 Å². The Labute approximate surface area is 116 Å². The van der Waals surface area contributed by atoms with Crippen LogP contribution in [-0.4, -0.2) is 4.98 Å². The van der Waals surface area contributed by atoms with E-state index in [0.717, 1.165) is 18.5 Å². The van der Waals surface area contributed by atoms with Crippen LogP contribution in [0.25, 0.3) is 11.3 Å². The molecule has 0 atom stereocenters. The van der Waals surface area contributed by atoms with E-state index in [9.17, 15) is 0 Å². The van der Waals surface area contributed by atoms with E-state index in [1.165, 1.54) is 22.4 Å². The van der Waals surface area contributed by atoms with E-state index in [-0.39, 0.29) is 0 Å². The number of pyridine rings is 1. The Balaban J connectivity index is 2.42. The van der Waals surface area contributed by atoms with Gasteiger partial charge in [-0.2, -0.15) is 0 Å². The molecule has 0 N–H and O–H groups in total. The van der Waals surface area contributed by atoms with Gasteiger partial charge in [-0.05, 0) is 51.0 Å². The molecule has 0 aliphatic heterocycles. The summed E-state index contributed by atoms with van der Waals surface area (Å²) in [6, 6.07) is 13.0. The van der Waals surface area contributed by atoms with Crippen molar-refractivity contribution in [3.05, 3.63) is 53.2 Å². The van der Waals surface area contributed by atoms with Crippen molar-refractivity contribution in [1.29, 1.82) is 0 Å². The van der Waals surface area contributed by atoms with Gasteiger partial charge in [0.05, 0.1) is 5.69 Å². The first-order valence-corrected chi connectivity index (χ1v) is 7.19. The van der Waals surface area contributed by atoms with E-state index in [1.807, 2.05) is 0 Å². The highest BCUT2D eigenvalue weighted by Crippen LogP contribution is 2.25. The fourth-order valence-corrected chi connectivity index (χ4v) is 2.67. The van der Waals surface area contributed by atoms with Gasteiger partial charge in [0.15, 0.2) is 0 Å². The minimum Gasteiger partial charge on any atom is -0.253 e. The molecule has 2 rings (SSSR count). The third-order valence-corrected chi connectivity index (χ3v) is 3.69. The SMILES string of the molecule is CCC(CC)c1cccc(-c2cc(C)cc(C)c2)n1. The quantitative estimate of drug-likeness (QED) is 0.723. The predicted molar refractivity (Wildman–Crippen MR) is 82.5 cm³/mol. The lowest BCUT2D eigenvalue weighted by atomic mass is 9.97. The molecule has 0 radical (unpaired) electrons. The van der Waals surface area contributed by atoms with Gasteiger partial charge in [0.1, 0.15) is 0 Å². The van der Waals surface area contributed by atoms with E-state index in [0.29, 0.717) is 5.92 Å². The molecule has 0 bridgehead atoms. The molecule has 0 spiro atoms. The molecule has 1 aromatic heterocycles. The Morgan fingerprint density at radius 2 is 1.58 bits per heavy atom. The largest absolute Gasteiger partial charge is 0.253 e. The van der Waals surface area contributed by atoms with Gasteiger partial charge in [0.25, 0.3) is 0 Å². The molecule has 0 saturated carbocycles. The summed E-state index contributed by atoms with van der Waals surface area (Å²) < 4.78 is 0. The van der Waals surface area contributed by atoms with E-state index in [4.69, 9.17) is 4.98 Å². The van der Waals surface area contributed by atoms with Crippen molar-refractivity contribution in [3.63, 3.8) is 0 Å². The number of aromatic nitrogens is 1. The lowest BCUT2D eigenvalue weighted by molar-refractivity contribution is 0.624. The van der Waals surface area contributed by atoms with Crippen LogP contribution in [0.3, 0.4) is 0 Å². The summed E-state index contributed by atoms with van der Waals surface area (Å²) in [4.78, 5) is 4.87. The molecule has 1 aromatic carbocycles. The Bertz CT molecular complexity index is 533. The summed E-state index contributed by atoms with van der Waals surface area (Å²) >= 11 is 0. The van der Waals surface area contributed by atoms with E-state index in [2.05, 4.69) is 64.1 Å². The molecule has 100 valence electrons. The summed E-state index contributed by atoms with van der Waals surface area (Å²) in [6.07, 6.45) is 2.31. The van der Waals surface area contributed by atoms with Crippen LogP contribution in [0.2, 0.25) is 0 Å². The third-order valence-electron chi connectivity index (χ3n) is 3.69. The van der Waals surface area contributed by atoms with Crippen LogP contribution in [0.4, 0.5) is 0 Å². The zero-order chi connectivity index (χ0) is 13.8. The van der Waals surface area contributed by atoms with Crippen molar-refractivity contribution in [2.45, 2.75) is 46.5 Å². The fraction of sp³-hybridized carbons (Fsp3) is 0.389. The average molecular weight is 253 g/mol. The third kappa shape index (κ3) is 3.23. The number of nitrogens with zero attached hydrogens (tertiary/aromatic N) is 1. The van der Waals surface area contributed by atoms with E-state index in [1.54, 1.807) is 0 Å². The molecule has 0 aliphatic rings. The second-order valence-electron chi connectivity index (χ2n) is 5.34. The van der Waals surface area contributed by atoms with Gasteiger partial charge in [-0.25, -0.2) is 0 Å². The maximum Gasteiger partial charge on any atom is 0.0705 e. The lowest BCUT2D eigenvalue weighted by Crippen LogP contribution is -1.99. The van der Waals surface area contributed by atoms with Crippen molar-refractivity contribution in [2.75, 3.05) is 0 Å². The predicted octanol–water partition coefficient (Wildman–Crippen LogP) is 5.27. The Kier molecular flexibility index (Phi) is 4.36. The zero-order valence-electron chi connectivity index (χ0n) is 12.4. The average Bonchev–Trinajstić information content (AvgIpc) is 2.39. The summed E-state index contributed by atoms with van der Waals surface area (Å²) in [5.74, 6) is 0.575. The molecule has 0 unspecified atom stereocenters. The molecule has 0 saturated heterocycles. The van der Waals surface area contributed by atoms with Gasteiger partial charge in [0.2, 0.25) is 0 Å². The lowest BCUT2D eigenvalue weighted by Gasteiger charge is -2.13. The first-order chi connectivity index (χ1) is 9.13. The topological polar surface area (TPSA) is 12.9 Å². The number of aryl methyl sites for hydroxylation is 2. The van der Waals surface area contributed by atoms with Crippen LogP contribution in [0, 0.1) is 13.8 Å². The first kappa shape index (κ1) is 13.8. The van der Waals surface area contributed by atoms with Crippen LogP contribution < -0.4 is 0 Å². The molecule has 1 heterocycles. The monoisotopic (exact) mass is 253 g/mol. The van der Waals surface area contributed by atoms with Crippen LogP contribution in [0.15, 0.2) is 36.4 Å². The highest BCUT2D eigenvalue weighted by atomic mass is 14.7. The van der Waals surface area contributed by atoms with E-state index >= 15 is 0 Å². The molecule has 0 aliphatic carbocycles. The molecule has 1 nitrogen and oxygen atoms in total. The number of hydrogen-bond donors (Lipinski definition) is 0. The minimum absolute atomic E-state index is 0.575. The Morgan fingerprint density at radius 3 is 2.16 bits per heavy atom. The Hall–Kier alpha value is -1.63.